The molecule has 0 aliphatic rings. The summed E-state index contributed by atoms with van der Waals surface area (Å²) in [4.78, 5) is 14.2. The number of rotatable bonds is 7. The molecule has 0 unspecified atom stereocenters. The van der Waals surface area contributed by atoms with Gasteiger partial charge in [0.15, 0.2) is 5.82 Å². The van der Waals surface area contributed by atoms with E-state index in [-0.39, 0.29) is 5.91 Å². The summed E-state index contributed by atoms with van der Waals surface area (Å²) in [5, 5.41) is 4.17. The number of amides is 1. The standard InChI is InChI=1S/C13H24N4O/c1-4-7-16(8-5-2)13(18)11-10-17(9-6-3)15-12(11)14/h10H,4-9H2,1-3H3,(H2,14,15). The van der Waals surface area contributed by atoms with Crippen LogP contribution in [-0.2, 0) is 6.54 Å². The first-order chi connectivity index (χ1) is 8.63. The predicted molar refractivity (Wildman–Crippen MR) is 73.4 cm³/mol. The van der Waals surface area contributed by atoms with Crippen LogP contribution in [0.3, 0.4) is 0 Å². The van der Waals surface area contributed by atoms with Gasteiger partial charge in [-0.3, -0.25) is 9.48 Å². The quantitative estimate of drug-likeness (QED) is 0.808. The van der Waals surface area contributed by atoms with Gasteiger partial charge >= 0.3 is 0 Å². The van der Waals surface area contributed by atoms with Crippen molar-refractivity contribution in [2.75, 3.05) is 18.8 Å². The molecule has 0 saturated carbocycles. The van der Waals surface area contributed by atoms with Crippen LogP contribution >= 0.6 is 0 Å². The maximum Gasteiger partial charge on any atom is 0.259 e. The Hall–Kier alpha value is -1.52. The van der Waals surface area contributed by atoms with Crippen LogP contribution in [-0.4, -0.2) is 33.7 Å². The molecule has 0 aromatic carbocycles. The maximum absolute atomic E-state index is 12.4. The van der Waals surface area contributed by atoms with Gasteiger partial charge in [-0.15, -0.1) is 0 Å². The molecule has 2 N–H and O–H groups in total. The van der Waals surface area contributed by atoms with Gasteiger partial charge in [-0.05, 0) is 19.3 Å². The molecule has 1 heterocycles. The number of hydrogen-bond donors (Lipinski definition) is 1. The van der Waals surface area contributed by atoms with Gasteiger partial charge in [0.25, 0.3) is 5.91 Å². The van der Waals surface area contributed by atoms with Gasteiger partial charge in [0, 0.05) is 25.8 Å². The molecule has 102 valence electrons. The van der Waals surface area contributed by atoms with E-state index in [2.05, 4.69) is 25.9 Å². The molecule has 1 aromatic rings. The highest BCUT2D eigenvalue weighted by atomic mass is 16.2. The van der Waals surface area contributed by atoms with Crippen LogP contribution in [0.15, 0.2) is 6.20 Å². The van der Waals surface area contributed by atoms with E-state index in [0.717, 1.165) is 38.9 Å². The third kappa shape index (κ3) is 3.48. The van der Waals surface area contributed by atoms with Crippen molar-refractivity contribution in [3.8, 4) is 0 Å². The number of nitrogens with two attached hydrogens (primary N) is 1. The zero-order valence-electron chi connectivity index (χ0n) is 11.6. The van der Waals surface area contributed by atoms with Crippen LogP contribution < -0.4 is 5.73 Å². The first-order valence-electron chi connectivity index (χ1n) is 6.76. The second kappa shape index (κ2) is 7.03. The molecule has 0 radical (unpaired) electrons. The fourth-order valence-corrected chi connectivity index (χ4v) is 1.97. The summed E-state index contributed by atoms with van der Waals surface area (Å²) in [6.45, 7) is 8.54. The van der Waals surface area contributed by atoms with E-state index in [4.69, 9.17) is 5.73 Å². The Bertz CT molecular complexity index is 380. The van der Waals surface area contributed by atoms with Crippen molar-refractivity contribution < 1.29 is 4.79 Å². The average molecular weight is 252 g/mol. The molecule has 0 spiro atoms. The van der Waals surface area contributed by atoms with Crippen molar-refractivity contribution in [2.45, 2.75) is 46.6 Å². The predicted octanol–water partition coefficient (Wildman–Crippen LogP) is 2.14. The molecule has 0 aliphatic carbocycles. The largest absolute Gasteiger partial charge is 0.382 e. The van der Waals surface area contributed by atoms with Gasteiger partial charge in [-0.2, -0.15) is 5.10 Å². The zero-order valence-corrected chi connectivity index (χ0v) is 11.6. The Labute approximate surface area is 109 Å². The molecule has 18 heavy (non-hydrogen) atoms. The lowest BCUT2D eigenvalue weighted by Gasteiger charge is -2.20. The summed E-state index contributed by atoms with van der Waals surface area (Å²) >= 11 is 0. The number of nitrogens with zero attached hydrogens (tertiary/aromatic N) is 3. The van der Waals surface area contributed by atoms with E-state index in [1.807, 2.05) is 4.90 Å². The van der Waals surface area contributed by atoms with Crippen molar-refractivity contribution in [1.82, 2.24) is 14.7 Å². The van der Waals surface area contributed by atoms with Crippen molar-refractivity contribution >= 4 is 11.7 Å². The smallest absolute Gasteiger partial charge is 0.259 e. The molecule has 0 aliphatic heterocycles. The van der Waals surface area contributed by atoms with Crippen LogP contribution in [0, 0.1) is 0 Å². The number of anilines is 1. The summed E-state index contributed by atoms with van der Waals surface area (Å²) < 4.78 is 1.75. The van der Waals surface area contributed by atoms with Crippen LogP contribution in [0.25, 0.3) is 0 Å². The zero-order chi connectivity index (χ0) is 13.5. The summed E-state index contributed by atoms with van der Waals surface area (Å²) in [5.74, 6) is 0.337. The Morgan fingerprint density at radius 1 is 1.28 bits per heavy atom. The lowest BCUT2D eigenvalue weighted by Crippen LogP contribution is -2.32. The number of aromatic nitrogens is 2. The first-order valence-corrected chi connectivity index (χ1v) is 6.76. The van der Waals surface area contributed by atoms with E-state index in [1.54, 1.807) is 10.9 Å². The molecule has 5 heteroatoms. The molecule has 0 fully saturated rings. The molecule has 0 atom stereocenters. The average Bonchev–Trinajstić information content (AvgIpc) is 2.70. The van der Waals surface area contributed by atoms with Gasteiger partial charge in [0.1, 0.15) is 5.56 Å². The van der Waals surface area contributed by atoms with Crippen molar-refractivity contribution in [3.63, 3.8) is 0 Å². The molecule has 1 aromatic heterocycles. The molecule has 0 saturated heterocycles. The minimum Gasteiger partial charge on any atom is -0.382 e. The van der Waals surface area contributed by atoms with E-state index in [0.29, 0.717) is 11.4 Å². The lowest BCUT2D eigenvalue weighted by atomic mass is 10.2. The SMILES string of the molecule is CCCN(CCC)C(=O)c1cn(CCC)nc1N. The van der Waals surface area contributed by atoms with Gasteiger partial charge < -0.3 is 10.6 Å². The van der Waals surface area contributed by atoms with Gasteiger partial charge in [-0.1, -0.05) is 20.8 Å². The fourth-order valence-electron chi connectivity index (χ4n) is 1.97. The van der Waals surface area contributed by atoms with E-state index in [1.165, 1.54) is 0 Å². The third-order valence-electron chi connectivity index (χ3n) is 2.75. The van der Waals surface area contributed by atoms with Crippen LogP contribution in [0.1, 0.15) is 50.4 Å². The monoisotopic (exact) mass is 252 g/mol. The van der Waals surface area contributed by atoms with Gasteiger partial charge in [-0.25, -0.2) is 0 Å². The van der Waals surface area contributed by atoms with E-state index in [9.17, 15) is 4.79 Å². The summed E-state index contributed by atoms with van der Waals surface area (Å²) in [6.07, 6.45) is 4.64. The number of hydrogen-bond acceptors (Lipinski definition) is 3. The Morgan fingerprint density at radius 3 is 2.39 bits per heavy atom. The molecule has 0 bridgehead atoms. The Kier molecular flexibility index (Phi) is 5.68. The van der Waals surface area contributed by atoms with Gasteiger partial charge in [0.05, 0.1) is 0 Å². The lowest BCUT2D eigenvalue weighted by molar-refractivity contribution is 0.0756. The highest BCUT2D eigenvalue weighted by Gasteiger charge is 2.19. The topological polar surface area (TPSA) is 64.2 Å². The first kappa shape index (κ1) is 14.5. The minimum atomic E-state index is -0.00134. The Morgan fingerprint density at radius 2 is 1.89 bits per heavy atom. The number of aryl methyl sites for hydroxylation is 1. The third-order valence-corrected chi connectivity index (χ3v) is 2.75. The summed E-state index contributed by atoms with van der Waals surface area (Å²) in [5.41, 5.74) is 6.36. The Balaban J connectivity index is 2.86. The normalized spacial score (nSPS) is 10.6. The van der Waals surface area contributed by atoms with Crippen LogP contribution in [0.5, 0.6) is 0 Å². The molecular weight excluding hydrogens is 228 g/mol. The maximum atomic E-state index is 12.4. The fraction of sp³-hybridized carbons (Fsp3) is 0.692. The van der Waals surface area contributed by atoms with E-state index < -0.39 is 0 Å². The molecular formula is C13H24N4O. The minimum absolute atomic E-state index is 0.00134. The number of carbonyl (C=O) groups is 1. The summed E-state index contributed by atoms with van der Waals surface area (Å²) in [6, 6.07) is 0. The van der Waals surface area contributed by atoms with E-state index >= 15 is 0 Å². The number of nitrogen functional groups attached to an aromatic ring is 1. The highest BCUT2D eigenvalue weighted by Crippen LogP contribution is 2.13. The van der Waals surface area contributed by atoms with Crippen molar-refractivity contribution in [2.24, 2.45) is 0 Å². The van der Waals surface area contributed by atoms with Crippen molar-refractivity contribution in [3.05, 3.63) is 11.8 Å². The van der Waals surface area contributed by atoms with Gasteiger partial charge in [0.2, 0.25) is 0 Å². The number of carbonyl (C=O) groups excluding carboxylic acids is 1. The second-order valence-electron chi connectivity index (χ2n) is 4.48. The van der Waals surface area contributed by atoms with Crippen LogP contribution in [0.4, 0.5) is 5.82 Å². The summed E-state index contributed by atoms with van der Waals surface area (Å²) in [7, 11) is 0. The second-order valence-corrected chi connectivity index (χ2v) is 4.48. The highest BCUT2D eigenvalue weighted by molar-refractivity contribution is 5.98. The van der Waals surface area contributed by atoms with Crippen LogP contribution in [0.2, 0.25) is 0 Å². The molecule has 5 nitrogen and oxygen atoms in total. The molecule has 1 amide bonds. The van der Waals surface area contributed by atoms with Crippen molar-refractivity contribution in [1.29, 1.82) is 0 Å². The molecule has 1 rings (SSSR count).